The SMILES string of the molecule is NCCOCCOCCOC(Oc1ccc([N+](=O)[O-])cc1)=C1CCC1. The molecule has 0 aromatic heterocycles. The van der Waals surface area contributed by atoms with Gasteiger partial charge in [-0.2, -0.15) is 0 Å². The Labute approximate surface area is 146 Å². The number of benzene rings is 1. The van der Waals surface area contributed by atoms with Crippen LogP contribution in [0.5, 0.6) is 5.75 Å². The van der Waals surface area contributed by atoms with Gasteiger partial charge in [0.2, 0.25) is 0 Å². The van der Waals surface area contributed by atoms with Gasteiger partial charge in [-0.3, -0.25) is 10.1 Å². The summed E-state index contributed by atoms with van der Waals surface area (Å²) in [6.07, 6.45) is 2.99. The Balaban J connectivity index is 1.75. The van der Waals surface area contributed by atoms with Gasteiger partial charge in [0.1, 0.15) is 12.4 Å². The third-order valence-electron chi connectivity index (χ3n) is 3.60. The van der Waals surface area contributed by atoms with Gasteiger partial charge in [-0.05, 0) is 31.4 Å². The lowest BCUT2D eigenvalue weighted by Gasteiger charge is -2.21. The molecule has 1 aromatic rings. The summed E-state index contributed by atoms with van der Waals surface area (Å²) in [5.41, 5.74) is 6.46. The van der Waals surface area contributed by atoms with Crippen LogP contribution in [0.1, 0.15) is 19.3 Å². The second-order valence-electron chi connectivity index (χ2n) is 5.46. The molecule has 0 heterocycles. The van der Waals surface area contributed by atoms with E-state index in [9.17, 15) is 10.1 Å². The number of nitrogens with zero attached hydrogens (tertiary/aromatic N) is 1. The van der Waals surface area contributed by atoms with Crippen molar-refractivity contribution in [2.75, 3.05) is 39.6 Å². The topological polar surface area (TPSA) is 106 Å². The quantitative estimate of drug-likeness (QED) is 0.266. The van der Waals surface area contributed by atoms with Crippen molar-refractivity contribution in [3.63, 3.8) is 0 Å². The van der Waals surface area contributed by atoms with Gasteiger partial charge in [0, 0.05) is 24.3 Å². The molecule has 1 fully saturated rings. The van der Waals surface area contributed by atoms with Crippen LogP contribution >= 0.6 is 0 Å². The number of ether oxygens (including phenoxy) is 4. The smallest absolute Gasteiger partial charge is 0.283 e. The molecule has 1 aliphatic carbocycles. The van der Waals surface area contributed by atoms with Crippen LogP contribution < -0.4 is 10.5 Å². The summed E-state index contributed by atoms with van der Waals surface area (Å²) in [6, 6.07) is 5.93. The van der Waals surface area contributed by atoms with Gasteiger partial charge in [-0.25, -0.2) is 0 Å². The lowest BCUT2D eigenvalue weighted by atomic mass is 9.93. The predicted octanol–water partition coefficient (Wildman–Crippen LogP) is 2.38. The third-order valence-corrected chi connectivity index (χ3v) is 3.60. The third kappa shape index (κ3) is 6.69. The number of non-ortho nitro benzene ring substituents is 1. The molecule has 0 saturated heterocycles. The molecule has 0 amide bonds. The standard InChI is InChI=1S/C17H24N2O6/c18-8-9-22-10-11-23-12-13-24-17(14-2-1-3-14)25-16-6-4-15(5-7-16)19(20)21/h4-7H,1-3,8-13,18H2. The minimum Gasteiger partial charge on any atom is -0.463 e. The van der Waals surface area contributed by atoms with Gasteiger partial charge in [-0.15, -0.1) is 0 Å². The summed E-state index contributed by atoms with van der Waals surface area (Å²) < 4.78 is 22.1. The van der Waals surface area contributed by atoms with Crippen LogP contribution in [0, 0.1) is 10.1 Å². The van der Waals surface area contributed by atoms with E-state index in [2.05, 4.69) is 0 Å². The highest BCUT2D eigenvalue weighted by molar-refractivity contribution is 5.36. The van der Waals surface area contributed by atoms with Crippen LogP contribution in [0.15, 0.2) is 35.8 Å². The molecule has 0 aliphatic heterocycles. The van der Waals surface area contributed by atoms with Crippen molar-refractivity contribution in [2.24, 2.45) is 5.73 Å². The Hall–Kier alpha value is -2.16. The van der Waals surface area contributed by atoms with Crippen LogP contribution in [0.4, 0.5) is 5.69 Å². The molecule has 0 bridgehead atoms. The van der Waals surface area contributed by atoms with E-state index in [0.29, 0.717) is 51.3 Å². The number of hydrogen-bond donors (Lipinski definition) is 1. The average Bonchev–Trinajstić information content (AvgIpc) is 2.56. The number of hydrogen-bond acceptors (Lipinski definition) is 7. The van der Waals surface area contributed by atoms with Crippen molar-refractivity contribution < 1.29 is 23.9 Å². The lowest BCUT2D eigenvalue weighted by Crippen LogP contribution is -2.15. The largest absolute Gasteiger partial charge is 0.463 e. The summed E-state index contributed by atoms with van der Waals surface area (Å²) in [4.78, 5) is 10.2. The molecular weight excluding hydrogens is 328 g/mol. The van der Waals surface area contributed by atoms with Gasteiger partial charge in [0.25, 0.3) is 11.6 Å². The van der Waals surface area contributed by atoms with Crippen LogP contribution in [0.25, 0.3) is 0 Å². The molecule has 1 aliphatic rings. The Morgan fingerprint density at radius 2 is 1.68 bits per heavy atom. The molecule has 0 unspecified atom stereocenters. The number of allylic oxidation sites excluding steroid dienone is 1. The second-order valence-corrected chi connectivity index (χ2v) is 5.46. The molecule has 8 heteroatoms. The molecule has 0 radical (unpaired) electrons. The van der Waals surface area contributed by atoms with Gasteiger partial charge < -0.3 is 24.7 Å². The average molecular weight is 352 g/mol. The summed E-state index contributed by atoms with van der Waals surface area (Å²) in [5.74, 6) is 0.985. The summed E-state index contributed by atoms with van der Waals surface area (Å²) in [5, 5.41) is 10.7. The summed E-state index contributed by atoms with van der Waals surface area (Å²) >= 11 is 0. The van der Waals surface area contributed by atoms with Crippen LogP contribution in [-0.4, -0.2) is 44.5 Å². The fourth-order valence-corrected chi connectivity index (χ4v) is 2.10. The molecular formula is C17H24N2O6. The number of nitro benzene ring substituents is 1. The maximum Gasteiger partial charge on any atom is 0.283 e. The first kappa shape index (κ1) is 19.2. The molecule has 138 valence electrons. The first-order valence-electron chi connectivity index (χ1n) is 8.33. The maximum atomic E-state index is 10.7. The van der Waals surface area contributed by atoms with Crippen molar-refractivity contribution in [1.29, 1.82) is 0 Å². The molecule has 2 rings (SSSR count). The fraction of sp³-hybridized carbons (Fsp3) is 0.529. The van der Waals surface area contributed by atoms with Crippen molar-refractivity contribution in [3.8, 4) is 5.75 Å². The zero-order valence-electron chi connectivity index (χ0n) is 14.1. The Kier molecular flexibility index (Phi) is 8.17. The summed E-state index contributed by atoms with van der Waals surface area (Å²) in [6.45, 7) is 2.80. The number of nitrogens with two attached hydrogens (primary N) is 1. The van der Waals surface area contributed by atoms with E-state index in [1.807, 2.05) is 0 Å². The first-order chi connectivity index (χ1) is 12.2. The Morgan fingerprint density at radius 1 is 1.04 bits per heavy atom. The van der Waals surface area contributed by atoms with E-state index < -0.39 is 4.92 Å². The van der Waals surface area contributed by atoms with Crippen molar-refractivity contribution in [2.45, 2.75) is 19.3 Å². The Bertz CT molecular complexity index is 567. The highest BCUT2D eigenvalue weighted by Crippen LogP contribution is 2.31. The minimum atomic E-state index is -0.444. The van der Waals surface area contributed by atoms with E-state index in [4.69, 9.17) is 24.7 Å². The van der Waals surface area contributed by atoms with Crippen LogP contribution in [-0.2, 0) is 14.2 Å². The van der Waals surface area contributed by atoms with E-state index in [0.717, 1.165) is 24.8 Å². The lowest BCUT2D eigenvalue weighted by molar-refractivity contribution is -0.384. The predicted molar refractivity (Wildman–Crippen MR) is 91.2 cm³/mol. The molecule has 0 spiro atoms. The normalized spacial score (nSPS) is 13.2. The van der Waals surface area contributed by atoms with Crippen molar-refractivity contribution in [1.82, 2.24) is 0 Å². The monoisotopic (exact) mass is 352 g/mol. The van der Waals surface area contributed by atoms with E-state index in [1.165, 1.54) is 12.1 Å². The van der Waals surface area contributed by atoms with Gasteiger partial charge in [-0.1, -0.05) is 0 Å². The first-order valence-corrected chi connectivity index (χ1v) is 8.33. The zero-order chi connectivity index (χ0) is 17.9. The molecule has 8 nitrogen and oxygen atoms in total. The fourth-order valence-electron chi connectivity index (χ4n) is 2.10. The van der Waals surface area contributed by atoms with Crippen molar-refractivity contribution in [3.05, 3.63) is 45.9 Å². The number of nitro groups is 1. The molecule has 1 aromatic carbocycles. The van der Waals surface area contributed by atoms with Gasteiger partial charge in [0.15, 0.2) is 0 Å². The van der Waals surface area contributed by atoms with E-state index in [1.54, 1.807) is 12.1 Å². The Morgan fingerprint density at radius 3 is 2.24 bits per heavy atom. The highest BCUT2D eigenvalue weighted by Gasteiger charge is 2.18. The molecule has 0 atom stereocenters. The minimum absolute atomic E-state index is 0.0244. The molecule has 1 saturated carbocycles. The van der Waals surface area contributed by atoms with Crippen LogP contribution in [0.2, 0.25) is 0 Å². The molecule has 2 N–H and O–H groups in total. The maximum absolute atomic E-state index is 10.7. The van der Waals surface area contributed by atoms with Gasteiger partial charge >= 0.3 is 0 Å². The number of rotatable bonds is 12. The molecule has 25 heavy (non-hydrogen) atoms. The zero-order valence-corrected chi connectivity index (χ0v) is 14.1. The van der Waals surface area contributed by atoms with Gasteiger partial charge in [0.05, 0.1) is 31.4 Å². The second kappa shape index (κ2) is 10.7. The van der Waals surface area contributed by atoms with E-state index in [-0.39, 0.29) is 5.69 Å². The highest BCUT2D eigenvalue weighted by atomic mass is 16.7. The van der Waals surface area contributed by atoms with E-state index >= 15 is 0 Å². The van der Waals surface area contributed by atoms with Crippen LogP contribution in [0.3, 0.4) is 0 Å². The summed E-state index contributed by atoms with van der Waals surface area (Å²) in [7, 11) is 0. The van der Waals surface area contributed by atoms with Crippen molar-refractivity contribution >= 4 is 5.69 Å².